The Hall–Kier alpha value is -4.44. The maximum atomic E-state index is 12.7. The fourth-order valence-corrected chi connectivity index (χ4v) is 4.36. The molecule has 10 heteroatoms. The summed E-state index contributed by atoms with van der Waals surface area (Å²) in [6, 6.07) is 18.3. The fraction of sp³-hybridized carbons (Fsp3) is 0.115. The number of pyridine rings is 1. The van der Waals surface area contributed by atoms with Crippen LogP contribution in [0.5, 0.6) is 17.2 Å². The molecular formula is C26H21N5O4S. The molecule has 2 aliphatic heterocycles. The molecule has 0 saturated carbocycles. The molecule has 9 nitrogen and oxygen atoms in total. The van der Waals surface area contributed by atoms with Crippen molar-refractivity contribution < 1.29 is 19.0 Å². The highest BCUT2D eigenvalue weighted by atomic mass is 32.2. The third-order valence-electron chi connectivity index (χ3n) is 5.23. The summed E-state index contributed by atoms with van der Waals surface area (Å²) in [6.45, 7) is 0.705. The quantitative estimate of drug-likeness (QED) is 0.365. The molecule has 0 bridgehead atoms. The Morgan fingerprint density at radius 2 is 1.78 bits per heavy atom. The van der Waals surface area contributed by atoms with Crippen molar-refractivity contribution in [2.75, 3.05) is 20.3 Å². The van der Waals surface area contributed by atoms with E-state index in [0.29, 0.717) is 40.7 Å². The van der Waals surface area contributed by atoms with Gasteiger partial charge in [-0.05, 0) is 59.8 Å². The van der Waals surface area contributed by atoms with Crippen molar-refractivity contribution in [2.45, 2.75) is 0 Å². The number of amides is 1. The number of fused-ring (bicyclic) bond motifs is 1. The first-order valence-electron chi connectivity index (χ1n) is 11.0. The highest BCUT2D eigenvalue weighted by Gasteiger charge is 2.36. The van der Waals surface area contributed by atoms with Crippen molar-refractivity contribution in [1.29, 1.82) is 5.41 Å². The average molecular weight is 500 g/mol. The van der Waals surface area contributed by atoms with E-state index in [1.54, 1.807) is 43.8 Å². The molecule has 180 valence electrons. The summed E-state index contributed by atoms with van der Waals surface area (Å²) in [5, 5.41) is 15.4. The molecule has 36 heavy (non-hydrogen) atoms. The number of aliphatic imine (C=N–C) groups is 1. The average Bonchev–Trinajstić information content (AvgIpc) is 3.35. The number of amidine groups is 2. The number of hydrazone groups is 1. The molecule has 3 aromatic rings. The number of hydrogen-bond donors (Lipinski definition) is 1. The van der Waals surface area contributed by atoms with E-state index in [1.807, 2.05) is 42.5 Å². The SMILES string of the molecule is COc1ccccc1OCCOc1ccc(C=C2C(=N)N3N=C(c4cccnc4)SC3=NC2=O)cc1. The zero-order chi connectivity index (χ0) is 24.9. The fourth-order valence-electron chi connectivity index (χ4n) is 3.47. The summed E-state index contributed by atoms with van der Waals surface area (Å²) in [4.78, 5) is 20.9. The van der Waals surface area contributed by atoms with Crippen molar-refractivity contribution in [3.05, 3.63) is 89.8 Å². The summed E-state index contributed by atoms with van der Waals surface area (Å²) in [7, 11) is 1.60. The summed E-state index contributed by atoms with van der Waals surface area (Å²) in [5.41, 5.74) is 1.70. The largest absolute Gasteiger partial charge is 0.493 e. The van der Waals surface area contributed by atoms with Crippen LogP contribution in [0.25, 0.3) is 6.08 Å². The van der Waals surface area contributed by atoms with Crippen molar-refractivity contribution in [3.63, 3.8) is 0 Å². The Morgan fingerprint density at radius 1 is 1.00 bits per heavy atom. The lowest BCUT2D eigenvalue weighted by Gasteiger charge is -2.20. The Labute approximate surface area is 211 Å². The highest BCUT2D eigenvalue weighted by molar-refractivity contribution is 8.27. The molecule has 2 aromatic carbocycles. The summed E-state index contributed by atoms with van der Waals surface area (Å²) in [6.07, 6.45) is 4.98. The molecule has 0 atom stereocenters. The Bertz CT molecular complexity index is 1390. The molecule has 1 aromatic heterocycles. The van der Waals surface area contributed by atoms with Crippen LogP contribution in [0.15, 0.2) is 88.7 Å². The first kappa shape index (κ1) is 23.3. The van der Waals surface area contributed by atoms with Gasteiger partial charge < -0.3 is 14.2 Å². The van der Waals surface area contributed by atoms with Gasteiger partial charge in [-0.25, -0.2) is 0 Å². The van der Waals surface area contributed by atoms with E-state index in [4.69, 9.17) is 19.6 Å². The number of carbonyl (C=O) groups excluding carboxylic acids is 1. The molecule has 2 aliphatic rings. The second-order valence-electron chi connectivity index (χ2n) is 7.58. The van der Waals surface area contributed by atoms with Gasteiger partial charge in [-0.15, -0.1) is 0 Å². The maximum Gasteiger partial charge on any atom is 0.283 e. The van der Waals surface area contributed by atoms with Gasteiger partial charge in [-0.3, -0.25) is 15.2 Å². The molecule has 0 aliphatic carbocycles. The van der Waals surface area contributed by atoms with Crippen LogP contribution in [0.2, 0.25) is 0 Å². The molecular weight excluding hydrogens is 478 g/mol. The van der Waals surface area contributed by atoms with E-state index < -0.39 is 5.91 Å². The zero-order valence-electron chi connectivity index (χ0n) is 19.2. The van der Waals surface area contributed by atoms with Crippen LogP contribution in [-0.2, 0) is 4.79 Å². The van der Waals surface area contributed by atoms with Gasteiger partial charge in [-0.1, -0.05) is 24.3 Å². The number of nitrogens with one attached hydrogen (secondary N) is 1. The van der Waals surface area contributed by atoms with Gasteiger partial charge in [0, 0.05) is 18.0 Å². The third-order valence-corrected chi connectivity index (χ3v) is 6.19. The van der Waals surface area contributed by atoms with E-state index in [-0.39, 0.29) is 11.4 Å². The normalized spacial score (nSPS) is 15.9. The Balaban J connectivity index is 1.22. The zero-order valence-corrected chi connectivity index (χ0v) is 20.1. The van der Waals surface area contributed by atoms with E-state index in [1.165, 1.54) is 16.8 Å². The minimum atomic E-state index is -0.477. The van der Waals surface area contributed by atoms with E-state index >= 15 is 0 Å². The smallest absolute Gasteiger partial charge is 0.283 e. The maximum absolute atomic E-state index is 12.7. The summed E-state index contributed by atoms with van der Waals surface area (Å²) in [5.74, 6) is 1.48. The standard InChI is InChI=1S/C26H21N5O4S/c1-33-21-6-2-3-7-22(21)35-14-13-34-19-10-8-17(9-11-19)15-20-23(27)31-26(29-24(20)32)36-25(30-31)18-5-4-12-28-16-18/h2-12,15-16,27H,13-14H2,1H3. The van der Waals surface area contributed by atoms with Crippen LogP contribution in [0.1, 0.15) is 11.1 Å². The van der Waals surface area contributed by atoms with Crippen LogP contribution in [0.4, 0.5) is 0 Å². The molecule has 0 spiro atoms. The number of nitrogens with zero attached hydrogens (tertiary/aromatic N) is 4. The van der Waals surface area contributed by atoms with E-state index in [9.17, 15) is 4.79 Å². The van der Waals surface area contributed by atoms with Crippen molar-refractivity contribution in [2.24, 2.45) is 10.1 Å². The molecule has 5 rings (SSSR count). The second-order valence-corrected chi connectivity index (χ2v) is 8.54. The highest BCUT2D eigenvalue weighted by Crippen LogP contribution is 2.31. The van der Waals surface area contributed by atoms with Gasteiger partial charge in [0.1, 0.15) is 24.0 Å². The molecule has 0 saturated heterocycles. The Morgan fingerprint density at radius 3 is 2.53 bits per heavy atom. The Kier molecular flexibility index (Phi) is 6.76. The minimum absolute atomic E-state index is 0.0230. The lowest BCUT2D eigenvalue weighted by atomic mass is 10.1. The van der Waals surface area contributed by atoms with Crippen molar-refractivity contribution >= 4 is 39.8 Å². The number of hydrogen-bond acceptors (Lipinski definition) is 8. The lowest BCUT2D eigenvalue weighted by molar-refractivity contribution is -0.114. The van der Waals surface area contributed by atoms with Gasteiger partial charge in [0.2, 0.25) is 5.17 Å². The number of benzene rings is 2. The number of aromatic nitrogens is 1. The van der Waals surface area contributed by atoms with Gasteiger partial charge in [-0.2, -0.15) is 15.1 Å². The van der Waals surface area contributed by atoms with Crippen LogP contribution in [0.3, 0.4) is 0 Å². The molecule has 1 N–H and O–H groups in total. The second kappa shape index (κ2) is 10.4. The first-order valence-corrected chi connectivity index (χ1v) is 11.8. The van der Waals surface area contributed by atoms with E-state index in [2.05, 4.69) is 15.1 Å². The molecule has 0 fully saturated rings. The van der Waals surface area contributed by atoms with Crippen molar-refractivity contribution in [3.8, 4) is 17.2 Å². The van der Waals surface area contributed by atoms with Crippen LogP contribution < -0.4 is 14.2 Å². The number of para-hydroxylation sites is 2. The summed E-state index contributed by atoms with van der Waals surface area (Å²) >= 11 is 1.24. The minimum Gasteiger partial charge on any atom is -0.493 e. The van der Waals surface area contributed by atoms with E-state index in [0.717, 1.165) is 11.1 Å². The number of methoxy groups -OCH3 is 1. The van der Waals surface area contributed by atoms with Gasteiger partial charge in [0.15, 0.2) is 17.3 Å². The topological polar surface area (TPSA) is 109 Å². The number of carbonyl (C=O) groups is 1. The monoisotopic (exact) mass is 499 g/mol. The van der Waals surface area contributed by atoms with Gasteiger partial charge in [0.05, 0.1) is 12.7 Å². The van der Waals surface area contributed by atoms with Gasteiger partial charge >= 0.3 is 0 Å². The number of rotatable bonds is 8. The van der Waals surface area contributed by atoms with Crippen LogP contribution in [0, 0.1) is 5.41 Å². The molecule has 0 radical (unpaired) electrons. The lowest BCUT2D eigenvalue weighted by Crippen LogP contribution is -2.35. The number of thioether (sulfide) groups is 1. The third kappa shape index (κ3) is 4.98. The molecule has 3 heterocycles. The number of ether oxygens (including phenoxy) is 3. The summed E-state index contributed by atoms with van der Waals surface area (Å²) < 4.78 is 16.7. The van der Waals surface area contributed by atoms with Crippen LogP contribution >= 0.6 is 11.8 Å². The first-order chi connectivity index (χ1) is 17.6. The predicted molar refractivity (Wildman–Crippen MR) is 139 cm³/mol. The van der Waals surface area contributed by atoms with Crippen LogP contribution in [-0.4, -0.2) is 52.3 Å². The molecule has 0 unspecified atom stereocenters. The van der Waals surface area contributed by atoms with Gasteiger partial charge in [0.25, 0.3) is 5.91 Å². The predicted octanol–water partition coefficient (Wildman–Crippen LogP) is 4.22. The molecule has 1 amide bonds. The van der Waals surface area contributed by atoms with Crippen molar-refractivity contribution in [1.82, 2.24) is 9.99 Å².